The van der Waals surface area contributed by atoms with Crippen LogP contribution in [0.4, 0.5) is 0 Å². The number of rotatable bonds is 3. The lowest BCUT2D eigenvalue weighted by atomic mass is 10.1. The van der Waals surface area contributed by atoms with Gasteiger partial charge in [0.15, 0.2) is 0 Å². The van der Waals surface area contributed by atoms with Gasteiger partial charge in [0.1, 0.15) is 0 Å². The fourth-order valence-electron chi connectivity index (χ4n) is 1.01. The van der Waals surface area contributed by atoms with Gasteiger partial charge in [-0.25, -0.2) is 4.79 Å². The average molecular weight is 234 g/mol. The molecule has 0 bridgehead atoms. The van der Waals surface area contributed by atoms with Crippen LogP contribution in [-0.4, -0.2) is 22.2 Å². The van der Waals surface area contributed by atoms with Crippen molar-refractivity contribution in [1.82, 2.24) is 0 Å². The molecule has 1 aromatic rings. The van der Waals surface area contributed by atoms with Crippen LogP contribution in [0.1, 0.15) is 18.1 Å². The highest BCUT2D eigenvalue weighted by atomic mass is 16.4. The van der Waals surface area contributed by atoms with Crippen LogP contribution in [0.5, 0.6) is 0 Å². The summed E-state index contributed by atoms with van der Waals surface area (Å²) >= 11 is 0. The van der Waals surface area contributed by atoms with Crippen LogP contribution >= 0.6 is 0 Å². The van der Waals surface area contributed by atoms with Crippen molar-refractivity contribution < 1.29 is 19.8 Å². The molecule has 0 atom stereocenters. The lowest BCUT2D eigenvalue weighted by Gasteiger charge is -1.97. The summed E-state index contributed by atoms with van der Waals surface area (Å²) in [6.45, 7) is 4.72. The molecular formula is C13H14O4. The molecule has 0 aromatic heterocycles. The molecule has 0 aliphatic rings. The van der Waals surface area contributed by atoms with Crippen molar-refractivity contribution in [3.63, 3.8) is 0 Å². The highest BCUT2D eigenvalue weighted by molar-refractivity contribution is 5.86. The van der Waals surface area contributed by atoms with E-state index in [0.29, 0.717) is 0 Å². The zero-order chi connectivity index (χ0) is 13.3. The zero-order valence-corrected chi connectivity index (χ0v) is 9.46. The zero-order valence-electron chi connectivity index (χ0n) is 9.46. The van der Waals surface area contributed by atoms with Gasteiger partial charge < -0.3 is 10.2 Å². The number of benzene rings is 1. The number of hydrogen-bond donors (Lipinski definition) is 2. The maximum absolute atomic E-state index is 10.3. The summed E-state index contributed by atoms with van der Waals surface area (Å²) in [7, 11) is 0. The summed E-state index contributed by atoms with van der Waals surface area (Å²) in [5.74, 6) is -1.78. The van der Waals surface area contributed by atoms with Crippen molar-refractivity contribution in [3.05, 3.63) is 48.0 Å². The molecule has 0 saturated heterocycles. The Morgan fingerprint density at radius 1 is 1.18 bits per heavy atom. The maximum atomic E-state index is 10.3. The van der Waals surface area contributed by atoms with Gasteiger partial charge in [-0.1, -0.05) is 36.9 Å². The SMILES string of the molecule is C=Cc1ccccc1/C=C/C(=O)O.CC(=O)O. The van der Waals surface area contributed by atoms with Gasteiger partial charge in [0.2, 0.25) is 0 Å². The van der Waals surface area contributed by atoms with Gasteiger partial charge in [-0.2, -0.15) is 0 Å². The molecule has 0 amide bonds. The summed E-state index contributed by atoms with van der Waals surface area (Å²) in [4.78, 5) is 19.3. The van der Waals surface area contributed by atoms with Gasteiger partial charge in [-0.15, -0.1) is 0 Å². The Labute approximate surface area is 99.5 Å². The van der Waals surface area contributed by atoms with Crippen molar-refractivity contribution in [2.24, 2.45) is 0 Å². The summed E-state index contributed by atoms with van der Waals surface area (Å²) in [6, 6.07) is 7.47. The van der Waals surface area contributed by atoms with E-state index in [-0.39, 0.29) is 0 Å². The third-order valence-corrected chi connectivity index (χ3v) is 1.62. The molecule has 1 aromatic carbocycles. The molecule has 0 fully saturated rings. The summed E-state index contributed by atoms with van der Waals surface area (Å²) in [5, 5.41) is 15.8. The quantitative estimate of drug-likeness (QED) is 0.788. The Kier molecular flexibility index (Phi) is 6.78. The fraction of sp³-hybridized carbons (Fsp3) is 0.0769. The van der Waals surface area contributed by atoms with Gasteiger partial charge >= 0.3 is 5.97 Å². The number of aliphatic carboxylic acids is 2. The van der Waals surface area contributed by atoms with E-state index in [4.69, 9.17) is 15.0 Å². The average Bonchev–Trinajstić information content (AvgIpc) is 2.26. The Morgan fingerprint density at radius 2 is 1.65 bits per heavy atom. The first-order chi connectivity index (χ1) is 7.97. The molecule has 4 nitrogen and oxygen atoms in total. The van der Waals surface area contributed by atoms with E-state index in [0.717, 1.165) is 24.1 Å². The molecule has 4 heteroatoms. The standard InChI is InChI=1S/C11H10O2.C2H4O2/c1-2-9-5-3-4-6-10(9)7-8-11(12)13;1-2(3)4/h2-8H,1H2,(H,12,13);1H3,(H,3,4)/b8-7+;. The van der Waals surface area contributed by atoms with E-state index in [2.05, 4.69) is 6.58 Å². The van der Waals surface area contributed by atoms with Crippen LogP contribution in [0.3, 0.4) is 0 Å². The maximum Gasteiger partial charge on any atom is 0.328 e. The Hall–Kier alpha value is -2.36. The van der Waals surface area contributed by atoms with Crippen molar-refractivity contribution in [3.8, 4) is 0 Å². The Balaban J connectivity index is 0.000000557. The van der Waals surface area contributed by atoms with Crippen molar-refractivity contribution in [1.29, 1.82) is 0 Å². The molecule has 0 aliphatic carbocycles. The van der Waals surface area contributed by atoms with E-state index in [1.165, 1.54) is 0 Å². The lowest BCUT2D eigenvalue weighted by molar-refractivity contribution is -0.134. The molecule has 0 heterocycles. The van der Waals surface area contributed by atoms with E-state index < -0.39 is 11.9 Å². The third-order valence-electron chi connectivity index (χ3n) is 1.62. The van der Waals surface area contributed by atoms with Gasteiger partial charge in [0.25, 0.3) is 5.97 Å². The number of hydrogen-bond acceptors (Lipinski definition) is 2. The minimum Gasteiger partial charge on any atom is -0.481 e. The molecule has 0 unspecified atom stereocenters. The largest absolute Gasteiger partial charge is 0.481 e. The third kappa shape index (κ3) is 7.56. The number of carboxylic acids is 2. The van der Waals surface area contributed by atoms with Gasteiger partial charge in [-0.3, -0.25) is 4.79 Å². The van der Waals surface area contributed by atoms with E-state index in [1.807, 2.05) is 24.3 Å². The first-order valence-electron chi connectivity index (χ1n) is 4.79. The normalized spacial score (nSPS) is 9.24. The van der Waals surface area contributed by atoms with Crippen molar-refractivity contribution >= 4 is 24.1 Å². The molecule has 1 rings (SSSR count). The van der Waals surface area contributed by atoms with Gasteiger partial charge in [0.05, 0.1) is 0 Å². The van der Waals surface area contributed by atoms with E-state index in [1.54, 1.807) is 12.2 Å². The van der Waals surface area contributed by atoms with Crippen LogP contribution in [-0.2, 0) is 9.59 Å². The summed E-state index contributed by atoms with van der Waals surface area (Å²) < 4.78 is 0. The molecule has 17 heavy (non-hydrogen) atoms. The van der Waals surface area contributed by atoms with Crippen LogP contribution in [0.2, 0.25) is 0 Å². The van der Waals surface area contributed by atoms with Crippen molar-refractivity contribution in [2.45, 2.75) is 6.92 Å². The molecule has 2 N–H and O–H groups in total. The second-order valence-electron chi connectivity index (χ2n) is 3.02. The van der Waals surface area contributed by atoms with Crippen LogP contribution in [0, 0.1) is 0 Å². The van der Waals surface area contributed by atoms with Crippen molar-refractivity contribution in [2.75, 3.05) is 0 Å². The first-order valence-corrected chi connectivity index (χ1v) is 4.79. The predicted octanol–water partition coefficient (Wildman–Crippen LogP) is 2.52. The van der Waals surface area contributed by atoms with E-state index >= 15 is 0 Å². The second-order valence-corrected chi connectivity index (χ2v) is 3.02. The highest BCUT2D eigenvalue weighted by Gasteiger charge is 1.93. The summed E-state index contributed by atoms with van der Waals surface area (Å²) in [6.07, 6.45) is 4.36. The summed E-state index contributed by atoms with van der Waals surface area (Å²) in [5.41, 5.74) is 1.79. The van der Waals surface area contributed by atoms with E-state index in [9.17, 15) is 4.79 Å². The van der Waals surface area contributed by atoms with Gasteiger partial charge in [-0.05, 0) is 17.2 Å². The predicted molar refractivity (Wildman–Crippen MR) is 66.5 cm³/mol. The Bertz CT molecular complexity index is 429. The smallest absolute Gasteiger partial charge is 0.328 e. The molecule has 0 aliphatic heterocycles. The second kappa shape index (κ2) is 7.87. The molecule has 0 saturated carbocycles. The minimum absolute atomic E-state index is 0.833. The fourth-order valence-corrected chi connectivity index (χ4v) is 1.01. The molecular weight excluding hydrogens is 220 g/mol. The minimum atomic E-state index is -0.945. The Morgan fingerprint density at radius 3 is 2.06 bits per heavy atom. The van der Waals surface area contributed by atoms with Crippen LogP contribution in [0.15, 0.2) is 36.9 Å². The van der Waals surface area contributed by atoms with Crippen LogP contribution in [0.25, 0.3) is 12.2 Å². The number of carboxylic acid groups (broad SMARTS) is 2. The van der Waals surface area contributed by atoms with Crippen LogP contribution < -0.4 is 0 Å². The topological polar surface area (TPSA) is 74.6 Å². The lowest BCUT2D eigenvalue weighted by Crippen LogP contribution is -1.86. The molecule has 0 radical (unpaired) electrons. The monoisotopic (exact) mass is 234 g/mol. The highest BCUT2D eigenvalue weighted by Crippen LogP contribution is 2.11. The molecule has 0 spiro atoms. The first kappa shape index (κ1) is 14.6. The number of carbonyl (C=O) groups is 2. The molecule has 90 valence electrons. The van der Waals surface area contributed by atoms with Gasteiger partial charge in [0, 0.05) is 13.0 Å².